The number of rotatable bonds is 4. The minimum Gasteiger partial charge on any atom is -0.458 e. The smallest absolute Gasteiger partial charge is 0.331 e. The molecular formula is C29H43NO10. The molecule has 13 atom stereocenters. The van der Waals surface area contributed by atoms with Gasteiger partial charge in [-0.3, -0.25) is 0 Å². The van der Waals surface area contributed by atoms with Gasteiger partial charge in [-0.1, -0.05) is 6.92 Å². The lowest BCUT2D eigenvalue weighted by atomic mass is 9.41. The standard InChI is InChI=1S/C29H43NO10/c1-15-22(32)23(33)24(34)25(39-15)40-17-3-8-27(14-30-37)19-4-7-26(2)18(16-11-21(31)38-13-16)6-10-29(26,36)20(19)5-9-28(27,35)12-17/h11,14-15,17-20,22-25,32-37H,3-10,12-13H2,1-2H3/b30-14-/t15-,17-,18+,19+,20+,22+,23-,24-,25+,26-,27+,28-,29+/m1/s1. The van der Waals surface area contributed by atoms with Gasteiger partial charge in [0.1, 0.15) is 24.9 Å². The molecule has 6 aliphatic rings. The quantitative estimate of drug-likeness (QED) is 0.0947. The zero-order chi connectivity index (χ0) is 28.7. The highest BCUT2D eigenvalue weighted by Gasteiger charge is 2.71. The maximum atomic E-state index is 12.4. The molecule has 5 fully saturated rings. The molecule has 2 heterocycles. The number of cyclic esters (lactones) is 1. The van der Waals surface area contributed by atoms with Gasteiger partial charge in [0.05, 0.1) is 29.6 Å². The summed E-state index contributed by atoms with van der Waals surface area (Å²) in [4.78, 5) is 11.8. The van der Waals surface area contributed by atoms with E-state index in [1.807, 2.05) is 0 Å². The highest BCUT2D eigenvalue weighted by atomic mass is 16.7. The molecule has 0 aromatic carbocycles. The van der Waals surface area contributed by atoms with Crippen LogP contribution in [-0.2, 0) is 19.0 Å². The van der Waals surface area contributed by atoms with E-state index in [0.717, 1.165) is 18.4 Å². The molecule has 0 aromatic heterocycles. The Hall–Kier alpha value is -1.60. The van der Waals surface area contributed by atoms with Crippen LogP contribution in [0.1, 0.15) is 71.6 Å². The summed E-state index contributed by atoms with van der Waals surface area (Å²) in [5.74, 6) is -0.514. The maximum absolute atomic E-state index is 12.4. The fraction of sp³-hybridized carbons (Fsp3) is 0.862. The summed E-state index contributed by atoms with van der Waals surface area (Å²) in [6.07, 6.45) is 1.55. The lowest BCUT2D eigenvalue weighted by Gasteiger charge is -2.65. The van der Waals surface area contributed by atoms with Crippen LogP contribution in [0.25, 0.3) is 0 Å². The summed E-state index contributed by atoms with van der Waals surface area (Å²) in [5.41, 5.74) is -2.62. The number of aliphatic hydroxyl groups excluding tert-OH is 3. The zero-order valence-electron chi connectivity index (χ0n) is 23.2. The summed E-state index contributed by atoms with van der Waals surface area (Å²) in [5, 5.41) is 68.7. The third kappa shape index (κ3) is 3.88. The van der Waals surface area contributed by atoms with Crippen LogP contribution >= 0.6 is 0 Å². The van der Waals surface area contributed by atoms with E-state index >= 15 is 0 Å². The molecule has 6 N–H and O–H groups in total. The van der Waals surface area contributed by atoms with Gasteiger partial charge in [0.25, 0.3) is 0 Å². The van der Waals surface area contributed by atoms with E-state index < -0.39 is 58.8 Å². The third-order valence-electron chi connectivity index (χ3n) is 12.0. The van der Waals surface area contributed by atoms with E-state index in [-0.39, 0.29) is 36.8 Å². The zero-order valence-corrected chi connectivity index (χ0v) is 23.2. The van der Waals surface area contributed by atoms with E-state index in [2.05, 4.69) is 12.1 Å². The Morgan fingerprint density at radius 2 is 1.75 bits per heavy atom. The van der Waals surface area contributed by atoms with Crippen molar-refractivity contribution in [3.8, 4) is 0 Å². The third-order valence-corrected chi connectivity index (χ3v) is 12.0. The Labute approximate surface area is 233 Å². The number of hydrogen-bond acceptors (Lipinski definition) is 11. The number of carbonyl (C=O) groups excluding carboxylic acids is 1. The first-order valence-corrected chi connectivity index (χ1v) is 14.7. The molecule has 0 unspecified atom stereocenters. The van der Waals surface area contributed by atoms with Crippen LogP contribution in [-0.4, -0.2) is 97.5 Å². The summed E-state index contributed by atoms with van der Waals surface area (Å²) in [7, 11) is 0. The van der Waals surface area contributed by atoms with Crippen molar-refractivity contribution in [3.63, 3.8) is 0 Å². The Morgan fingerprint density at radius 3 is 2.45 bits per heavy atom. The molecular weight excluding hydrogens is 522 g/mol. The van der Waals surface area contributed by atoms with Crippen LogP contribution in [0.15, 0.2) is 16.8 Å². The van der Waals surface area contributed by atoms with Gasteiger partial charge in [-0.2, -0.15) is 0 Å². The number of fused-ring (bicyclic) bond motifs is 5. The summed E-state index contributed by atoms with van der Waals surface area (Å²) in [6.45, 7) is 4.00. The Kier molecular flexibility index (Phi) is 6.93. The lowest BCUT2D eigenvalue weighted by Crippen LogP contribution is -2.69. The van der Waals surface area contributed by atoms with E-state index in [1.165, 1.54) is 6.21 Å². The highest BCUT2D eigenvalue weighted by molar-refractivity contribution is 5.85. The molecule has 6 rings (SSSR count). The van der Waals surface area contributed by atoms with Crippen molar-refractivity contribution in [2.24, 2.45) is 33.7 Å². The first-order chi connectivity index (χ1) is 18.9. The molecule has 1 saturated heterocycles. The van der Waals surface area contributed by atoms with Gasteiger partial charge in [0, 0.05) is 23.3 Å². The van der Waals surface area contributed by atoms with Crippen LogP contribution in [0.2, 0.25) is 0 Å². The van der Waals surface area contributed by atoms with E-state index in [0.29, 0.717) is 38.5 Å². The van der Waals surface area contributed by atoms with Crippen molar-refractivity contribution in [1.82, 2.24) is 0 Å². The average Bonchev–Trinajstić information content (AvgIpc) is 3.46. The van der Waals surface area contributed by atoms with E-state index in [9.17, 15) is 35.5 Å². The molecule has 4 aliphatic carbocycles. The number of oxime groups is 1. The monoisotopic (exact) mass is 565 g/mol. The second-order valence-corrected chi connectivity index (χ2v) is 13.5. The molecule has 11 heteroatoms. The van der Waals surface area contributed by atoms with Crippen molar-refractivity contribution in [2.45, 2.75) is 120 Å². The fourth-order valence-corrected chi connectivity index (χ4v) is 9.88. The Bertz CT molecular complexity index is 1080. The molecule has 0 spiro atoms. The van der Waals surface area contributed by atoms with Crippen molar-refractivity contribution in [1.29, 1.82) is 0 Å². The predicted molar refractivity (Wildman–Crippen MR) is 139 cm³/mol. The molecule has 2 aliphatic heterocycles. The number of ether oxygens (including phenoxy) is 3. The first-order valence-electron chi connectivity index (χ1n) is 14.7. The van der Waals surface area contributed by atoms with E-state index in [1.54, 1.807) is 13.0 Å². The fourth-order valence-electron chi connectivity index (χ4n) is 9.88. The molecule has 0 aromatic rings. The van der Waals surface area contributed by atoms with Gasteiger partial charge in [-0.15, -0.1) is 5.16 Å². The molecule has 40 heavy (non-hydrogen) atoms. The second kappa shape index (κ2) is 9.72. The number of carbonyl (C=O) groups is 1. The predicted octanol–water partition coefficient (Wildman–Crippen LogP) is 1.01. The molecule has 0 radical (unpaired) electrons. The van der Waals surface area contributed by atoms with Gasteiger partial charge in [0.15, 0.2) is 6.29 Å². The minimum absolute atomic E-state index is 0.0514. The largest absolute Gasteiger partial charge is 0.458 e. The number of hydrogen-bond donors (Lipinski definition) is 6. The van der Waals surface area contributed by atoms with Crippen molar-refractivity contribution < 1.29 is 49.7 Å². The van der Waals surface area contributed by atoms with Gasteiger partial charge in [0.2, 0.25) is 0 Å². The minimum atomic E-state index is -1.43. The highest BCUT2D eigenvalue weighted by Crippen LogP contribution is 2.70. The first kappa shape index (κ1) is 28.5. The molecule has 224 valence electrons. The van der Waals surface area contributed by atoms with Gasteiger partial charge < -0.3 is 45.0 Å². The Balaban J connectivity index is 1.24. The number of aliphatic hydroxyl groups is 5. The molecule has 0 bridgehead atoms. The average molecular weight is 566 g/mol. The van der Waals surface area contributed by atoms with Crippen LogP contribution in [0.3, 0.4) is 0 Å². The van der Waals surface area contributed by atoms with Crippen molar-refractivity contribution in [2.75, 3.05) is 6.61 Å². The van der Waals surface area contributed by atoms with E-state index in [4.69, 9.17) is 14.2 Å². The van der Waals surface area contributed by atoms with Gasteiger partial charge in [-0.25, -0.2) is 4.79 Å². The van der Waals surface area contributed by atoms with Crippen LogP contribution in [0.4, 0.5) is 0 Å². The summed E-state index contributed by atoms with van der Waals surface area (Å²) in [6, 6.07) is 0. The maximum Gasteiger partial charge on any atom is 0.331 e. The normalized spacial score (nSPS) is 54.4. The molecule has 11 nitrogen and oxygen atoms in total. The van der Waals surface area contributed by atoms with Crippen LogP contribution in [0, 0.1) is 28.6 Å². The van der Waals surface area contributed by atoms with Crippen LogP contribution < -0.4 is 0 Å². The summed E-state index contributed by atoms with van der Waals surface area (Å²) >= 11 is 0. The molecule has 0 amide bonds. The van der Waals surface area contributed by atoms with Gasteiger partial charge in [-0.05, 0) is 81.6 Å². The van der Waals surface area contributed by atoms with Crippen molar-refractivity contribution in [3.05, 3.63) is 11.6 Å². The van der Waals surface area contributed by atoms with Crippen molar-refractivity contribution >= 4 is 12.2 Å². The molecule has 4 saturated carbocycles. The lowest BCUT2D eigenvalue weighted by molar-refractivity contribution is -0.316. The summed E-state index contributed by atoms with van der Waals surface area (Å²) < 4.78 is 16.9. The second-order valence-electron chi connectivity index (χ2n) is 13.5. The SMILES string of the molecule is C[C@H]1O[C@@H](O[C@@H]2CC[C@]3(/C=N\O)[C@H]4CC[C@]5(C)[C@H](C6=CC(=O)OC6)CC[C@]5(O)[C@H]4CC[C@@]3(O)C2)[C@H](O)[C@H](O)[C@H]1O. The Morgan fingerprint density at radius 1 is 1.00 bits per heavy atom. The van der Waals surface area contributed by atoms with Crippen LogP contribution in [0.5, 0.6) is 0 Å². The van der Waals surface area contributed by atoms with Gasteiger partial charge >= 0.3 is 5.97 Å². The number of nitrogens with zero attached hydrogens (tertiary/aromatic N) is 1. The number of esters is 1. The topological polar surface area (TPSA) is 178 Å².